The molecule has 3 rings (SSSR count). The molecule has 2 nitrogen and oxygen atoms in total. The fourth-order valence-electron chi connectivity index (χ4n) is 3.56. The average Bonchev–Trinajstić information content (AvgIpc) is 2.89. The lowest BCUT2D eigenvalue weighted by Gasteiger charge is -2.43. The molecule has 3 saturated heterocycles. The molecule has 3 unspecified atom stereocenters. The summed E-state index contributed by atoms with van der Waals surface area (Å²) in [6, 6.07) is 1.69. The van der Waals surface area contributed by atoms with Gasteiger partial charge in [-0.15, -0.1) is 0 Å². The zero-order chi connectivity index (χ0) is 11.0. The molecule has 0 amide bonds. The first-order valence-corrected chi connectivity index (χ1v) is 8.04. The molecule has 16 heavy (non-hydrogen) atoms. The van der Waals surface area contributed by atoms with Crippen LogP contribution in [0.15, 0.2) is 0 Å². The van der Waals surface area contributed by atoms with Crippen LogP contribution < -0.4 is 0 Å². The van der Waals surface area contributed by atoms with Crippen LogP contribution >= 0.6 is 11.8 Å². The second-order valence-electron chi connectivity index (χ2n) is 5.82. The molecule has 0 aliphatic carbocycles. The first kappa shape index (κ1) is 11.4. The summed E-state index contributed by atoms with van der Waals surface area (Å²) in [4.78, 5) is 5.51. The maximum Gasteiger partial charge on any atom is 0.0224 e. The van der Waals surface area contributed by atoms with Crippen molar-refractivity contribution >= 4 is 11.8 Å². The van der Waals surface area contributed by atoms with Crippen LogP contribution in [-0.2, 0) is 0 Å². The van der Waals surface area contributed by atoms with E-state index in [1.165, 1.54) is 56.9 Å². The fraction of sp³-hybridized carbons (Fsp3) is 1.00. The molecule has 92 valence electrons. The lowest BCUT2D eigenvalue weighted by atomic mass is 10.0. The van der Waals surface area contributed by atoms with Crippen LogP contribution in [0.5, 0.6) is 0 Å². The third kappa shape index (κ3) is 2.27. The molecule has 3 aliphatic rings. The van der Waals surface area contributed by atoms with Crippen molar-refractivity contribution in [2.24, 2.45) is 5.92 Å². The Bertz CT molecular complexity index is 238. The lowest BCUT2D eigenvalue weighted by Crippen LogP contribution is -2.55. The van der Waals surface area contributed by atoms with Gasteiger partial charge in [0.05, 0.1) is 0 Å². The van der Waals surface area contributed by atoms with E-state index in [1.807, 2.05) is 0 Å². The molecule has 0 N–H and O–H groups in total. The van der Waals surface area contributed by atoms with Crippen LogP contribution in [0, 0.1) is 5.92 Å². The number of thioether (sulfide) groups is 1. The van der Waals surface area contributed by atoms with E-state index in [-0.39, 0.29) is 0 Å². The predicted molar refractivity (Wildman–Crippen MR) is 71.1 cm³/mol. The average molecular weight is 240 g/mol. The number of rotatable bonds is 2. The largest absolute Gasteiger partial charge is 0.298 e. The molecule has 0 bridgehead atoms. The summed E-state index contributed by atoms with van der Waals surface area (Å²) in [6.07, 6.45) is 4.34. The molecule has 3 heterocycles. The van der Waals surface area contributed by atoms with E-state index >= 15 is 0 Å². The van der Waals surface area contributed by atoms with E-state index in [2.05, 4.69) is 28.5 Å². The molecule has 0 spiro atoms. The Balaban J connectivity index is 1.57. The van der Waals surface area contributed by atoms with Gasteiger partial charge in [-0.3, -0.25) is 9.80 Å². The summed E-state index contributed by atoms with van der Waals surface area (Å²) in [5.74, 6) is 3.81. The van der Waals surface area contributed by atoms with Gasteiger partial charge in [-0.25, -0.2) is 0 Å². The lowest BCUT2D eigenvalue weighted by molar-refractivity contribution is 0.0506. The van der Waals surface area contributed by atoms with Crippen molar-refractivity contribution in [3.63, 3.8) is 0 Å². The topological polar surface area (TPSA) is 6.48 Å². The molecule has 3 aliphatic heterocycles. The minimum absolute atomic E-state index is 0.792. The van der Waals surface area contributed by atoms with Gasteiger partial charge in [0.15, 0.2) is 0 Å². The molecular weight excluding hydrogens is 216 g/mol. The van der Waals surface area contributed by atoms with Gasteiger partial charge in [0.25, 0.3) is 0 Å². The van der Waals surface area contributed by atoms with Crippen molar-refractivity contribution in [1.29, 1.82) is 0 Å². The van der Waals surface area contributed by atoms with Crippen molar-refractivity contribution < 1.29 is 0 Å². The summed E-state index contributed by atoms with van der Waals surface area (Å²) < 4.78 is 0. The van der Waals surface area contributed by atoms with Crippen molar-refractivity contribution in [1.82, 2.24) is 9.80 Å². The Morgan fingerprint density at radius 2 is 2.19 bits per heavy atom. The Morgan fingerprint density at radius 1 is 1.25 bits per heavy atom. The van der Waals surface area contributed by atoms with E-state index in [9.17, 15) is 0 Å². The van der Waals surface area contributed by atoms with Gasteiger partial charge in [-0.05, 0) is 50.2 Å². The van der Waals surface area contributed by atoms with E-state index in [0.717, 1.165) is 18.0 Å². The van der Waals surface area contributed by atoms with E-state index in [1.54, 1.807) is 0 Å². The van der Waals surface area contributed by atoms with Crippen molar-refractivity contribution in [2.75, 3.05) is 37.7 Å². The molecule has 0 aromatic carbocycles. The molecule has 0 aromatic rings. The molecule has 3 fully saturated rings. The van der Waals surface area contributed by atoms with Crippen molar-refractivity contribution in [3.8, 4) is 0 Å². The van der Waals surface area contributed by atoms with Gasteiger partial charge in [0.1, 0.15) is 0 Å². The molecule has 3 atom stereocenters. The van der Waals surface area contributed by atoms with Gasteiger partial charge in [0.2, 0.25) is 0 Å². The highest BCUT2D eigenvalue weighted by atomic mass is 32.2. The Morgan fingerprint density at radius 3 is 3.00 bits per heavy atom. The van der Waals surface area contributed by atoms with E-state index in [0.29, 0.717) is 0 Å². The summed E-state index contributed by atoms with van der Waals surface area (Å²) >= 11 is 2.15. The van der Waals surface area contributed by atoms with Crippen molar-refractivity contribution in [2.45, 2.75) is 38.3 Å². The Kier molecular flexibility index (Phi) is 3.46. The zero-order valence-corrected chi connectivity index (χ0v) is 11.2. The van der Waals surface area contributed by atoms with Gasteiger partial charge < -0.3 is 0 Å². The van der Waals surface area contributed by atoms with Gasteiger partial charge >= 0.3 is 0 Å². The standard InChI is InChI=1S/C13H24N2S/c1-11-7-14-5-2-3-13(14)9-15(11)8-12-4-6-16-10-12/h11-13H,2-10H2,1H3. The van der Waals surface area contributed by atoms with Gasteiger partial charge in [-0.2, -0.15) is 11.8 Å². The normalized spacial score (nSPS) is 41.4. The highest BCUT2D eigenvalue weighted by Gasteiger charge is 2.35. The summed E-state index contributed by atoms with van der Waals surface area (Å²) in [5, 5.41) is 0. The summed E-state index contributed by atoms with van der Waals surface area (Å²) in [7, 11) is 0. The van der Waals surface area contributed by atoms with Crippen LogP contribution in [-0.4, -0.2) is 59.6 Å². The summed E-state index contributed by atoms with van der Waals surface area (Å²) in [5.41, 5.74) is 0. The van der Waals surface area contributed by atoms with Crippen LogP contribution in [0.1, 0.15) is 26.2 Å². The third-order valence-electron chi connectivity index (χ3n) is 4.58. The molecular formula is C13H24N2S. The minimum Gasteiger partial charge on any atom is -0.298 e. The number of piperazine rings is 1. The maximum absolute atomic E-state index is 2.78. The van der Waals surface area contributed by atoms with E-state index < -0.39 is 0 Å². The van der Waals surface area contributed by atoms with E-state index in [4.69, 9.17) is 0 Å². The number of nitrogens with zero attached hydrogens (tertiary/aromatic N) is 2. The molecule has 3 heteroatoms. The van der Waals surface area contributed by atoms with Crippen LogP contribution in [0.4, 0.5) is 0 Å². The smallest absolute Gasteiger partial charge is 0.0224 e. The maximum atomic E-state index is 2.78. The highest BCUT2D eigenvalue weighted by molar-refractivity contribution is 7.99. The molecule has 0 radical (unpaired) electrons. The Labute approximate surface area is 104 Å². The first-order valence-electron chi connectivity index (χ1n) is 6.89. The minimum atomic E-state index is 0.792. The SMILES string of the molecule is CC1CN2CCCC2CN1CC1CCSC1. The molecule has 0 saturated carbocycles. The summed E-state index contributed by atoms with van der Waals surface area (Å²) in [6.45, 7) is 7.84. The first-order chi connectivity index (χ1) is 7.83. The quantitative estimate of drug-likeness (QED) is 0.728. The second kappa shape index (κ2) is 4.87. The second-order valence-corrected chi connectivity index (χ2v) is 6.97. The number of hydrogen-bond donors (Lipinski definition) is 0. The fourth-order valence-corrected chi connectivity index (χ4v) is 4.83. The van der Waals surface area contributed by atoms with Crippen LogP contribution in [0.25, 0.3) is 0 Å². The van der Waals surface area contributed by atoms with Gasteiger partial charge in [0, 0.05) is 31.7 Å². The third-order valence-corrected chi connectivity index (χ3v) is 5.81. The highest BCUT2D eigenvalue weighted by Crippen LogP contribution is 2.28. The monoisotopic (exact) mass is 240 g/mol. The Hall–Kier alpha value is 0.270. The molecule has 0 aromatic heterocycles. The van der Waals surface area contributed by atoms with Crippen LogP contribution in [0.2, 0.25) is 0 Å². The van der Waals surface area contributed by atoms with Gasteiger partial charge in [-0.1, -0.05) is 0 Å². The number of hydrogen-bond acceptors (Lipinski definition) is 3. The van der Waals surface area contributed by atoms with Crippen LogP contribution in [0.3, 0.4) is 0 Å². The van der Waals surface area contributed by atoms with Crippen molar-refractivity contribution in [3.05, 3.63) is 0 Å². The number of fused-ring (bicyclic) bond motifs is 1. The zero-order valence-electron chi connectivity index (χ0n) is 10.4. The predicted octanol–water partition coefficient (Wildman–Crippen LogP) is 1.91.